The summed E-state index contributed by atoms with van der Waals surface area (Å²) in [5.41, 5.74) is 1.56. The van der Waals surface area contributed by atoms with Crippen LogP contribution in [0.5, 0.6) is 5.75 Å². The first-order chi connectivity index (χ1) is 8.18. The number of halogens is 2. The molecule has 0 bridgehead atoms. The van der Waals surface area contributed by atoms with Gasteiger partial charge in [0.1, 0.15) is 5.75 Å². The summed E-state index contributed by atoms with van der Waals surface area (Å²) in [6.45, 7) is 0.468. The maximum Gasteiger partial charge on any atom is 0.139 e. The first-order valence-corrected chi connectivity index (χ1v) is 5.89. The van der Waals surface area contributed by atoms with Crippen molar-refractivity contribution in [3.63, 3.8) is 0 Å². The summed E-state index contributed by atoms with van der Waals surface area (Å²) in [4.78, 5) is 0. The van der Waals surface area contributed by atoms with Crippen molar-refractivity contribution in [3.05, 3.63) is 58.1 Å². The Balaban J connectivity index is 2.13. The first kappa shape index (κ1) is 12.1. The van der Waals surface area contributed by atoms with E-state index in [4.69, 9.17) is 23.2 Å². The summed E-state index contributed by atoms with van der Waals surface area (Å²) in [7, 11) is 0. The van der Waals surface area contributed by atoms with Gasteiger partial charge in [-0.1, -0.05) is 47.5 Å². The standard InChI is InChI=1S/C13H11Cl2NO/c14-10-5-1-2-7-12(10)16-8-9-4-3-6-11(15)13(9)17/h1-7,16-17H,8H2. The minimum Gasteiger partial charge on any atom is -0.506 e. The fourth-order valence-corrected chi connectivity index (χ4v) is 1.89. The van der Waals surface area contributed by atoms with Gasteiger partial charge in [-0.3, -0.25) is 0 Å². The molecule has 0 aliphatic rings. The maximum absolute atomic E-state index is 9.74. The van der Waals surface area contributed by atoms with Crippen LogP contribution in [0.25, 0.3) is 0 Å². The molecule has 0 atom stereocenters. The number of phenolic OH excluding ortho intramolecular Hbond substituents is 1. The van der Waals surface area contributed by atoms with E-state index in [2.05, 4.69) is 5.32 Å². The minimum atomic E-state index is 0.105. The van der Waals surface area contributed by atoms with Gasteiger partial charge in [-0.2, -0.15) is 0 Å². The van der Waals surface area contributed by atoms with Crippen LogP contribution in [0.3, 0.4) is 0 Å². The number of hydrogen-bond donors (Lipinski definition) is 2. The van der Waals surface area contributed by atoms with E-state index in [0.29, 0.717) is 16.6 Å². The van der Waals surface area contributed by atoms with Crippen LogP contribution in [0, 0.1) is 0 Å². The van der Waals surface area contributed by atoms with Gasteiger partial charge in [0.2, 0.25) is 0 Å². The van der Waals surface area contributed by atoms with Gasteiger partial charge >= 0.3 is 0 Å². The number of benzene rings is 2. The van der Waals surface area contributed by atoms with E-state index >= 15 is 0 Å². The van der Waals surface area contributed by atoms with Gasteiger partial charge in [0.25, 0.3) is 0 Å². The quantitative estimate of drug-likeness (QED) is 0.869. The van der Waals surface area contributed by atoms with E-state index in [-0.39, 0.29) is 5.75 Å². The Hall–Kier alpha value is -1.38. The summed E-state index contributed by atoms with van der Waals surface area (Å²) in [5, 5.41) is 13.9. The number of phenols is 1. The van der Waals surface area contributed by atoms with Gasteiger partial charge in [0, 0.05) is 12.1 Å². The molecule has 0 saturated heterocycles. The van der Waals surface area contributed by atoms with E-state index in [1.807, 2.05) is 30.3 Å². The third-order valence-electron chi connectivity index (χ3n) is 2.41. The van der Waals surface area contributed by atoms with Crippen LogP contribution >= 0.6 is 23.2 Å². The third kappa shape index (κ3) is 2.84. The van der Waals surface area contributed by atoms with Crippen LogP contribution < -0.4 is 5.32 Å². The van der Waals surface area contributed by atoms with Crippen molar-refractivity contribution in [2.75, 3.05) is 5.32 Å². The highest BCUT2D eigenvalue weighted by molar-refractivity contribution is 6.33. The number of rotatable bonds is 3. The molecule has 2 aromatic rings. The Morgan fingerprint density at radius 1 is 0.941 bits per heavy atom. The van der Waals surface area contributed by atoms with Crippen molar-refractivity contribution < 1.29 is 5.11 Å². The van der Waals surface area contributed by atoms with Gasteiger partial charge in [-0.15, -0.1) is 0 Å². The average molecular weight is 268 g/mol. The lowest BCUT2D eigenvalue weighted by Crippen LogP contribution is -2.00. The lowest BCUT2D eigenvalue weighted by Gasteiger charge is -2.10. The summed E-state index contributed by atoms with van der Waals surface area (Å²) < 4.78 is 0. The molecule has 2 rings (SSSR count). The van der Waals surface area contributed by atoms with E-state index in [1.165, 1.54) is 0 Å². The molecule has 2 aromatic carbocycles. The molecule has 0 saturated carbocycles. The molecular formula is C13H11Cl2NO. The van der Waals surface area contributed by atoms with E-state index in [1.54, 1.807) is 12.1 Å². The zero-order valence-electron chi connectivity index (χ0n) is 8.95. The molecule has 17 heavy (non-hydrogen) atoms. The molecule has 0 fully saturated rings. The van der Waals surface area contributed by atoms with Gasteiger partial charge in [-0.05, 0) is 18.2 Å². The molecule has 0 amide bonds. The maximum atomic E-state index is 9.74. The molecule has 4 heteroatoms. The van der Waals surface area contributed by atoms with Crippen LogP contribution in [0.1, 0.15) is 5.56 Å². The van der Waals surface area contributed by atoms with Crippen molar-refractivity contribution in [3.8, 4) is 5.75 Å². The zero-order chi connectivity index (χ0) is 12.3. The predicted molar refractivity (Wildman–Crippen MR) is 71.9 cm³/mol. The lowest BCUT2D eigenvalue weighted by molar-refractivity contribution is 0.469. The minimum absolute atomic E-state index is 0.105. The van der Waals surface area contributed by atoms with Gasteiger partial charge in [0.05, 0.1) is 15.7 Å². The number of hydrogen-bond acceptors (Lipinski definition) is 2. The Morgan fingerprint density at radius 2 is 1.65 bits per heavy atom. The zero-order valence-corrected chi connectivity index (χ0v) is 10.5. The van der Waals surface area contributed by atoms with E-state index < -0.39 is 0 Å². The fraction of sp³-hybridized carbons (Fsp3) is 0.0769. The molecule has 0 aliphatic carbocycles. The number of aromatic hydroxyl groups is 1. The monoisotopic (exact) mass is 267 g/mol. The molecule has 0 spiro atoms. The molecular weight excluding hydrogens is 257 g/mol. The Labute approximate surface area is 110 Å². The molecule has 88 valence electrons. The van der Waals surface area contributed by atoms with Crippen LogP contribution in [0.15, 0.2) is 42.5 Å². The van der Waals surface area contributed by atoms with Crippen molar-refractivity contribution in [1.29, 1.82) is 0 Å². The highest BCUT2D eigenvalue weighted by Gasteiger charge is 2.05. The van der Waals surface area contributed by atoms with E-state index in [9.17, 15) is 5.11 Å². The van der Waals surface area contributed by atoms with Gasteiger partial charge < -0.3 is 10.4 Å². The smallest absolute Gasteiger partial charge is 0.139 e. The van der Waals surface area contributed by atoms with E-state index in [0.717, 1.165) is 11.3 Å². The molecule has 0 radical (unpaired) electrons. The number of para-hydroxylation sites is 2. The van der Waals surface area contributed by atoms with Crippen LogP contribution in [-0.4, -0.2) is 5.11 Å². The Morgan fingerprint density at radius 3 is 2.41 bits per heavy atom. The molecule has 0 unspecified atom stereocenters. The highest BCUT2D eigenvalue weighted by Crippen LogP contribution is 2.28. The summed E-state index contributed by atoms with van der Waals surface area (Å²) >= 11 is 11.8. The second-order valence-corrected chi connectivity index (χ2v) is 4.40. The number of nitrogens with one attached hydrogen (secondary N) is 1. The van der Waals surface area contributed by atoms with Crippen molar-refractivity contribution in [2.24, 2.45) is 0 Å². The van der Waals surface area contributed by atoms with Crippen molar-refractivity contribution in [2.45, 2.75) is 6.54 Å². The van der Waals surface area contributed by atoms with Crippen LogP contribution in [0.2, 0.25) is 10.0 Å². The van der Waals surface area contributed by atoms with Crippen molar-refractivity contribution >= 4 is 28.9 Å². The third-order valence-corrected chi connectivity index (χ3v) is 3.05. The molecule has 2 N–H and O–H groups in total. The highest BCUT2D eigenvalue weighted by atomic mass is 35.5. The fourth-order valence-electron chi connectivity index (χ4n) is 1.50. The SMILES string of the molecule is Oc1c(Cl)cccc1CNc1ccccc1Cl. The Bertz CT molecular complexity index is 529. The molecule has 0 heterocycles. The van der Waals surface area contributed by atoms with Gasteiger partial charge in [-0.25, -0.2) is 0 Å². The summed E-state index contributed by atoms with van der Waals surface area (Å²) in [6.07, 6.45) is 0. The lowest BCUT2D eigenvalue weighted by atomic mass is 10.2. The van der Waals surface area contributed by atoms with Crippen LogP contribution in [0.4, 0.5) is 5.69 Å². The number of anilines is 1. The van der Waals surface area contributed by atoms with Gasteiger partial charge in [0.15, 0.2) is 0 Å². The molecule has 0 aromatic heterocycles. The molecule has 2 nitrogen and oxygen atoms in total. The average Bonchev–Trinajstić information content (AvgIpc) is 2.33. The topological polar surface area (TPSA) is 32.3 Å². The second-order valence-electron chi connectivity index (χ2n) is 3.58. The summed E-state index contributed by atoms with van der Waals surface area (Å²) in [6, 6.07) is 12.7. The summed E-state index contributed by atoms with van der Waals surface area (Å²) in [5.74, 6) is 0.105. The molecule has 0 aliphatic heterocycles. The normalized spacial score (nSPS) is 10.2. The first-order valence-electron chi connectivity index (χ1n) is 5.13. The van der Waals surface area contributed by atoms with Crippen LogP contribution in [-0.2, 0) is 6.54 Å². The largest absolute Gasteiger partial charge is 0.506 e. The Kier molecular flexibility index (Phi) is 3.77. The predicted octanol–water partition coefficient (Wildman–Crippen LogP) is 4.31. The second kappa shape index (κ2) is 5.30. The van der Waals surface area contributed by atoms with Crippen molar-refractivity contribution in [1.82, 2.24) is 0 Å².